The van der Waals surface area contributed by atoms with Crippen LogP contribution in [0.4, 0.5) is 5.69 Å². The second-order valence-electron chi connectivity index (χ2n) is 5.80. The highest BCUT2D eigenvalue weighted by molar-refractivity contribution is 5.62. The molecule has 1 aromatic rings. The van der Waals surface area contributed by atoms with Crippen LogP contribution in [0.15, 0.2) is 24.3 Å². The van der Waals surface area contributed by atoms with E-state index < -0.39 is 0 Å². The maximum Gasteiger partial charge on any atom is 0.0403 e. The first-order chi connectivity index (χ1) is 8.36. The Morgan fingerprint density at radius 2 is 1.94 bits per heavy atom. The van der Waals surface area contributed by atoms with Gasteiger partial charge in [0.15, 0.2) is 0 Å². The van der Waals surface area contributed by atoms with Crippen molar-refractivity contribution in [3.8, 4) is 0 Å². The summed E-state index contributed by atoms with van der Waals surface area (Å²) in [4.78, 5) is 5.27. The van der Waals surface area contributed by atoms with Gasteiger partial charge in [0.1, 0.15) is 0 Å². The number of likely N-dealkylation sites (N-methyl/N-ethyl adjacent to an activating group) is 1. The fraction of sp³-hybridized carbons (Fsp3) is 0.600. The standard InChI is InChI=1S/C15H20N2/c1-16-12-6-3-2-5-11(12)15-13(16)8-10-17-9-4-7-14(15)17/h2-3,5-6,13-15H,4,7-10H2,1H3. The Balaban J connectivity index is 1.81. The number of fused-ring (bicyclic) bond motifs is 5. The minimum atomic E-state index is 0.756. The van der Waals surface area contributed by atoms with Crippen molar-refractivity contribution in [1.82, 2.24) is 4.90 Å². The lowest BCUT2D eigenvalue weighted by Gasteiger charge is -2.41. The van der Waals surface area contributed by atoms with Crippen LogP contribution in [0.2, 0.25) is 0 Å². The van der Waals surface area contributed by atoms with Gasteiger partial charge in [0, 0.05) is 37.3 Å². The molecule has 0 bridgehead atoms. The average molecular weight is 228 g/mol. The van der Waals surface area contributed by atoms with Crippen molar-refractivity contribution in [1.29, 1.82) is 0 Å². The summed E-state index contributed by atoms with van der Waals surface area (Å²) in [5, 5.41) is 0. The molecule has 3 unspecified atom stereocenters. The number of hydrogen-bond acceptors (Lipinski definition) is 2. The minimum Gasteiger partial charge on any atom is -0.371 e. The molecule has 2 fully saturated rings. The molecule has 0 amide bonds. The van der Waals surface area contributed by atoms with Crippen LogP contribution in [-0.4, -0.2) is 37.1 Å². The Morgan fingerprint density at radius 3 is 2.88 bits per heavy atom. The number of hydrogen-bond donors (Lipinski definition) is 0. The molecule has 3 aliphatic rings. The van der Waals surface area contributed by atoms with Gasteiger partial charge in [0.05, 0.1) is 0 Å². The van der Waals surface area contributed by atoms with Crippen molar-refractivity contribution in [2.75, 3.05) is 25.0 Å². The number of nitrogens with zero attached hydrogens (tertiary/aromatic N) is 2. The van der Waals surface area contributed by atoms with E-state index in [-0.39, 0.29) is 0 Å². The number of anilines is 1. The van der Waals surface area contributed by atoms with Crippen LogP contribution >= 0.6 is 0 Å². The van der Waals surface area contributed by atoms with Gasteiger partial charge in [-0.05, 0) is 37.4 Å². The molecule has 0 aliphatic carbocycles. The third-order valence-corrected chi connectivity index (χ3v) is 5.13. The molecule has 2 heteroatoms. The first-order valence-electron chi connectivity index (χ1n) is 6.92. The van der Waals surface area contributed by atoms with Crippen LogP contribution in [0, 0.1) is 0 Å². The molecule has 0 spiro atoms. The number of rotatable bonds is 0. The van der Waals surface area contributed by atoms with Crippen molar-refractivity contribution >= 4 is 5.69 Å². The number of para-hydroxylation sites is 1. The van der Waals surface area contributed by atoms with Crippen molar-refractivity contribution in [2.24, 2.45) is 0 Å². The molecule has 17 heavy (non-hydrogen) atoms. The van der Waals surface area contributed by atoms with Gasteiger partial charge in [-0.1, -0.05) is 18.2 Å². The molecular formula is C15H20N2. The Hall–Kier alpha value is -1.02. The Bertz CT molecular complexity index is 440. The summed E-state index contributed by atoms with van der Waals surface area (Å²) in [7, 11) is 2.29. The van der Waals surface area contributed by atoms with E-state index in [1.54, 1.807) is 5.56 Å². The summed E-state index contributed by atoms with van der Waals surface area (Å²) in [6.45, 7) is 2.64. The first-order valence-corrected chi connectivity index (χ1v) is 6.92. The third kappa shape index (κ3) is 1.25. The van der Waals surface area contributed by atoms with Gasteiger partial charge in [0.25, 0.3) is 0 Å². The summed E-state index contributed by atoms with van der Waals surface area (Å²) in [6, 6.07) is 10.6. The van der Waals surface area contributed by atoms with E-state index in [2.05, 4.69) is 41.1 Å². The van der Waals surface area contributed by atoms with Gasteiger partial charge in [0.2, 0.25) is 0 Å². The van der Waals surface area contributed by atoms with Crippen LogP contribution < -0.4 is 4.90 Å². The van der Waals surface area contributed by atoms with Crippen LogP contribution in [0.25, 0.3) is 0 Å². The maximum absolute atomic E-state index is 2.73. The van der Waals surface area contributed by atoms with Crippen LogP contribution in [-0.2, 0) is 0 Å². The van der Waals surface area contributed by atoms with Crippen molar-refractivity contribution in [3.05, 3.63) is 29.8 Å². The Morgan fingerprint density at radius 1 is 1.06 bits per heavy atom. The maximum atomic E-state index is 2.73. The van der Waals surface area contributed by atoms with E-state index in [4.69, 9.17) is 0 Å². The van der Waals surface area contributed by atoms with Crippen molar-refractivity contribution < 1.29 is 0 Å². The van der Waals surface area contributed by atoms with Crippen LogP contribution in [0.5, 0.6) is 0 Å². The molecule has 3 aliphatic heterocycles. The summed E-state index contributed by atoms with van der Waals surface area (Å²) < 4.78 is 0. The topological polar surface area (TPSA) is 6.48 Å². The molecule has 2 nitrogen and oxygen atoms in total. The largest absolute Gasteiger partial charge is 0.371 e. The highest BCUT2D eigenvalue weighted by Gasteiger charge is 2.47. The molecule has 3 heterocycles. The third-order valence-electron chi connectivity index (χ3n) is 5.13. The molecule has 4 rings (SSSR count). The summed E-state index contributed by atoms with van der Waals surface area (Å²) >= 11 is 0. The average Bonchev–Trinajstić information content (AvgIpc) is 2.93. The molecule has 0 aromatic heterocycles. The predicted molar refractivity (Wildman–Crippen MR) is 70.6 cm³/mol. The predicted octanol–water partition coefficient (Wildman–Crippen LogP) is 2.46. The molecule has 0 radical (unpaired) electrons. The van der Waals surface area contributed by atoms with E-state index in [1.807, 2.05) is 0 Å². The fourth-order valence-corrected chi connectivity index (χ4v) is 4.39. The van der Waals surface area contributed by atoms with Gasteiger partial charge in [-0.2, -0.15) is 0 Å². The van der Waals surface area contributed by atoms with Gasteiger partial charge in [-0.25, -0.2) is 0 Å². The molecule has 0 saturated carbocycles. The van der Waals surface area contributed by atoms with Crippen molar-refractivity contribution in [2.45, 2.75) is 37.3 Å². The SMILES string of the molecule is CN1c2ccccc2C2C3CCCN3CCC21. The van der Waals surface area contributed by atoms with Gasteiger partial charge in [-0.3, -0.25) is 4.90 Å². The van der Waals surface area contributed by atoms with Crippen LogP contribution in [0.3, 0.4) is 0 Å². The summed E-state index contributed by atoms with van der Waals surface area (Å²) in [5.74, 6) is 0.771. The zero-order valence-corrected chi connectivity index (χ0v) is 10.5. The number of benzene rings is 1. The molecular weight excluding hydrogens is 208 g/mol. The molecule has 3 atom stereocenters. The molecule has 2 saturated heterocycles. The molecule has 90 valence electrons. The highest BCUT2D eigenvalue weighted by atomic mass is 15.3. The van der Waals surface area contributed by atoms with E-state index in [9.17, 15) is 0 Å². The van der Waals surface area contributed by atoms with Gasteiger partial charge in [-0.15, -0.1) is 0 Å². The van der Waals surface area contributed by atoms with E-state index in [0.717, 1.165) is 18.0 Å². The number of piperidine rings is 1. The van der Waals surface area contributed by atoms with Gasteiger partial charge < -0.3 is 4.90 Å². The van der Waals surface area contributed by atoms with Crippen molar-refractivity contribution in [3.63, 3.8) is 0 Å². The van der Waals surface area contributed by atoms with E-state index >= 15 is 0 Å². The lowest BCUT2D eigenvalue weighted by Crippen LogP contribution is -2.48. The second kappa shape index (κ2) is 3.49. The van der Waals surface area contributed by atoms with Crippen LogP contribution in [0.1, 0.15) is 30.7 Å². The zero-order chi connectivity index (χ0) is 11.4. The molecule has 0 N–H and O–H groups in total. The monoisotopic (exact) mass is 228 g/mol. The minimum absolute atomic E-state index is 0.756. The summed E-state index contributed by atoms with van der Waals surface area (Å²) in [6.07, 6.45) is 4.15. The molecule has 1 aromatic carbocycles. The highest BCUT2D eigenvalue weighted by Crippen LogP contribution is 2.48. The van der Waals surface area contributed by atoms with Gasteiger partial charge >= 0.3 is 0 Å². The van der Waals surface area contributed by atoms with E-state index in [0.29, 0.717) is 0 Å². The van der Waals surface area contributed by atoms with E-state index in [1.165, 1.54) is 38.0 Å². The second-order valence-corrected chi connectivity index (χ2v) is 5.80. The zero-order valence-electron chi connectivity index (χ0n) is 10.5. The fourth-order valence-electron chi connectivity index (χ4n) is 4.39. The normalized spacial score (nSPS) is 35.6. The lowest BCUT2D eigenvalue weighted by molar-refractivity contribution is 0.160. The Kier molecular flexibility index (Phi) is 2.04. The Labute approximate surface area is 103 Å². The summed E-state index contributed by atoms with van der Waals surface area (Å²) in [5.41, 5.74) is 3.09. The first kappa shape index (κ1) is 9.95. The smallest absolute Gasteiger partial charge is 0.0403 e. The quantitative estimate of drug-likeness (QED) is 0.673. The lowest BCUT2D eigenvalue weighted by atomic mass is 9.82.